The Labute approximate surface area is 158 Å². The summed E-state index contributed by atoms with van der Waals surface area (Å²) in [6.45, 7) is 2.43. The Kier molecular flexibility index (Phi) is 8.78. The van der Waals surface area contributed by atoms with Crippen molar-refractivity contribution in [2.45, 2.75) is 96.2 Å². The summed E-state index contributed by atoms with van der Waals surface area (Å²) in [5.74, 6) is 0.0210. The lowest BCUT2D eigenvalue weighted by molar-refractivity contribution is -0.121. The summed E-state index contributed by atoms with van der Waals surface area (Å²) in [5, 5.41) is 29.6. The van der Waals surface area contributed by atoms with Gasteiger partial charge in [0.15, 0.2) is 0 Å². The average Bonchev–Trinajstić information content (AvgIpc) is 3.16. The van der Waals surface area contributed by atoms with Crippen molar-refractivity contribution in [3.8, 4) is 0 Å². The normalized spacial score (nSPS) is 29.7. The third-order valence-electron chi connectivity index (χ3n) is 6.67. The van der Waals surface area contributed by atoms with Crippen LogP contribution in [-0.2, 0) is 4.79 Å². The summed E-state index contributed by atoms with van der Waals surface area (Å²) < 4.78 is 0. The lowest BCUT2D eigenvalue weighted by Gasteiger charge is -2.29. The van der Waals surface area contributed by atoms with Gasteiger partial charge in [-0.25, -0.2) is 0 Å². The Morgan fingerprint density at radius 1 is 1.15 bits per heavy atom. The van der Waals surface area contributed by atoms with Crippen molar-refractivity contribution in [3.05, 3.63) is 12.2 Å². The molecular weight excluding hydrogens is 328 g/mol. The van der Waals surface area contributed by atoms with E-state index in [1.54, 1.807) is 0 Å². The highest BCUT2D eigenvalue weighted by atomic mass is 16.3. The monoisotopic (exact) mass is 366 g/mol. The summed E-state index contributed by atoms with van der Waals surface area (Å²) in [7, 11) is 0. The molecule has 2 fully saturated rings. The predicted octanol–water partition coefficient (Wildman–Crippen LogP) is 3.77. The molecule has 0 spiro atoms. The Morgan fingerprint density at radius 2 is 1.81 bits per heavy atom. The largest absolute Gasteiger partial charge is 0.396 e. The van der Waals surface area contributed by atoms with Gasteiger partial charge in [-0.05, 0) is 37.5 Å². The number of Topliss-reactive ketones (excluding diaryl/α,β-unsaturated/α-hetero) is 1. The topological polar surface area (TPSA) is 77.8 Å². The van der Waals surface area contributed by atoms with Crippen LogP contribution < -0.4 is 0 Å². The minimum Gasteiger partial charge on any atom is -0.396 e. The fourth-order valence-electron chi connectivity index (χ4n) is 4.76. The standard InChI is InChI=1S/C22H38O4/c1-22(13-6-7-14-22)21(26)12-9-11-18-17(19(24)16-20(18)25)10-5-3-2-4-8-15-23/h9,11,17-18,20-21,23,25-26H,2-8,10,12-16H2,1H3/t17-,18-,20-,21-/m1/s1. The van der Waals surface area contributed by atoms with Crippen molar-refractivity contribution in [2.24, 2.45) is 17.3 Å². The molecule has 3 N–H and O–H groups in total. The van der Waals surface area contributed by atoms with Crippen molar-refractivity contribution in [3.63, 3.8) is 0 Å². The predicted molar refractivity (Wildman–Crippen MR) is 104 cm³/mol. The van der Waals surface area contributed by atoms with Crippen molar-refractivity contribution in [1.29, 1.82) is 0 Å². The summed E-state index contributed by atoms with van der Waals surface area (Å²) in [6, 6.07) is 0. The molecule has 26 heavy (non-hydrogen) atoms. The Hall–Kier alpha value is -0.710. The SMILES string of the molecule is CC1([C@H](O)CC=C[C@H]2[C@H](O)CC(=O)[C@@H]2CCCCCCCO)CCCC1. The Balaban J connectivity index is 1.79. The van der Waals surface area contributed by atoms with Gasteiger partial charge in [-0.3, -0.25) is 4.79 Å². The second-order valence-corrected chi connectivity index (χ2v) is 8.74. The van der Waals surface area contributed by atoms with E-state index in [1.165, 1.54) is 12.8 Å². The fraction of sp³-hybridized carbons (Fsp3) is 0.864. The number of aliphatic hydroxyl groups excluding tert-OH is 3. The van der Waals surface area contributed by atoms with Crippen LogP contribution in [0.4, 0.5) is 0 Å². The highest BCUT2D eigenvalue weighted by molar-refractivity contribution is 5.84. The molecule has 4 nitrogen and oxygen atoms in total. The van der Waals surface area contributed by atoms with Gasteiger partial charge in [0.25, 0.3) is 0 Å². The molecule has 0 unspecified atom stereocenters. The van der Waals surface area contributed by atoms with Gasteiger partial charge in [0.2, 0.25) is 0 Å². The third-order valence-corrected chi connectivity index (χ3v) is 6.67. The van der Waals surface area contributed by atoms with Gasteiger partial charge in [0, 0.05) is 24.9 Å². The summed E-state index contributed by atoms with van der Waals surface area (Å²) >= 11 is 0. The van der Waals surface area contributed by atoms with E-state index in [-0.39, 0.29) is 42.2 Å². The van der Waals surface area contributed by atoms with E-state index in [9.17, 15) is 15.0 Å². The van der Waals surface area contributed by atoms with Gasteiger partial charge in [0.1, 0.15) is 5.78 Å². The van der Waals surface area contributed by atoms with Crippen LogP contribution >= 0.6 is 0 Å². The van der Waals surface area contributed by atoms with Gasteiger partial charge in [-0.1, -0.05) is 57.6 Å². The third kappa shape index (κ3) is 5.90. The van der Waals surface area contributed by atoms with Gasteiger partial charge in [0.05, 0.1) is 12.2 Å². The van der Waals surface area contributed by atoms with Gasteiger partial charge in [-0.15, -0.1) is 0 Å². The van der Waals surface area contributed by atoms with E-state index >= 15 is 0 Å². The Morgan fingerprint density at radius 3 is 2.50 bits per heavy atom. The molecule has 0 amide bonds. The van der Waals surface area contributed by atoms with Crippen LogP contribution in [0.2, 0.25) is 0 Å². The fourth-order valence-corrected chi connectivity index (χ4v) is 4.76. The van der Waals surface area contributed by atoms with Gasteiger partial charge >= 0.3 is 0 Å². The zero-order valence-electron chi connectivity index (χ0n) is 16.4. The van der Waals surface area contributed by atoms with Crippen molar-refractivity contribution < 1.29 is 20.1 Å². The van der Waals surface area contributed by atoms with Crippen LogP contribution in [0.5, 0.6) is 0 Å². The van der Waals surface area contributed by atoms with E-state index in [0.29, 0.717) is 6.42 Å². The van der Waals surface area contributed by atoms with Crippen LogP contribution in [0.25, 0.3) is 0 Å². The van der Waals surface area contributed by atoms with E-state index in [0.717, 1.165) is 51.4 Å². The molecule has 0 aromatic rings. The maximum atomic E-state index is 12.2. The van der Waals surface area contributed by atoms with E-state index in [1.807, 2.05) is 12.2 Å². The molecule has 2 rings (SSSR count). The van der Waals surface area contributed by atoms with Crippen LogP contribution in [0, 0.1) is 17.3 Å². The number of ketones is 1. The summed E-state index contributed by atoms with van der Waals surface area (Å²) in [6.07, 6.45) is 14.4. The molecule has 0 aliphatic heterocycles. The smallest absolute Gasteiger partial charge is 0.139 e. The molecular formula is C22H38O4. The van der Waals surface area contributed by atoms with Crippen LogP contribution in [0.3, 0.4) is 0 Å². The van der Waals surface area contributed by atoms with Crippen molar-refractivity contribution >= 4 is 5.78 Å². The molecule has 0 aromatic carbocycles. The first-order valence-electron chi connectivity index (χ1n) is 10.6. The van der Waals surface area contributed by atoms with Crippen LogP contribution in [-0.4, -0.2) is 39.9 Å². The van der Waals surface area contributed by atoms with E-state index in [4.69, 9.17) is 5.11 Å². The lowest BCUT2D eigenvalue weighted by atomic mass is 9.80. The molecule has 4 heteroatoms. The lowest BCUT2D eigenvalue weighted by Crippen LogP contribution is -2.29. The average molecular weight is 367 g/mol. The highest BCUT2D eigenvalue weighted by Gasteiger charge is 2.39. The Bertz CT molecular complexity index is 453. The van der Waals surface area contributed by atoms with Gasteiger partial charge in [-0.2, -0.15) is 0 Å². The second-order valence-electron chi connectivity index (χ2n) is 8.74. The van der Waals surface area contributed by atoms with Crippen LogP contribution in [0.1, 0.15) is 84.0 Å². The number of unbranched alkanes of at least 4 members (excludes halogenated alkanes) is 4. The number of hydrogen-bond acceptors (Lipinski definition) is 4. The summed E-state index contributed by atoms with van der Waals surface area (Å²) in [4.78, 5) is 12.2. The van der Waals surface area contributed by atoms with E-state index < -0.39 is 6.10 Å². The van der Waals surface area contributed by atoms with Crippen LogP contribution in [0.15, 0.2) is 12.2 Å². The molecule has 150 valence electrons. The number of aliphatic hydroxyl groups is 3. The first-order chi connectivity index (χ1) is 12.5. The maximum absolute atomic E-state index is 12.2. The molecule has 0 heterocycles. The minimum atomic E-state index is -0.572. The number of rotatable bonds is 11. The zero-order chi connectivity index (χ0) is 19.0. The molecule has 2 saturated carbocycles. The van der Waals surface area contributed by atoms with E-state index in [2.05, 4.69) is 6.92 Å². The quantitative estimate of drug-likeness (QED) is 0.384. The molecule has 4 atom stereocenters. The molecule has 2 aliphatic carbocycles. The van der Waals surface area contributed by atoms with Crippen molar-refractivity contribution in [1.82, 2.24) is 0 Å². The molecule has 0 aromatic heterocycles. The molecule has 0 saturated heterocycles. The summed E-state index contributed by atoms with van der Waals surface area (Å²) in [5.41, 5.74) is 0.0302. The number of carbonyl (C=O) groups excluding carboxylic acids is 1. The molecule has 0 radical (unpaired) electrons. The zero-order valence-corrected chi connectivity index (χ0v) is 16.4. The first-order valence-corrected chi connectivity index (χ1v) is 10.6. The molecule has 2 aliphatic rings. The maximum Gasteiger partial charge on any atom is 0.139 e. The minimum absolute atomic E-state index is 0.0302. The number of hydrogen-bond donors (Lipinski definition) is 3. The first kappa shape index (κ1) is 21.6. The molecule has 0 bridgehead atoms. The van der Waals surface area contributed by atoms with Crippen molar-refractivity contribution in [2.75, 3.05) is 6.61 Å². The second kappa shape index (κ2) is 10.6. The highest BCUT2D eigenvalue weighted by Crippen LogP contribution is 2.42. The number of carbonyl (C=O) groups is 1. The van der Waals surface area contributed by atoms with Gasteiger partial charge < -0.3 is 15.3 Å².